The monoisotopic (exact) mass is 796 g/mol. The molecular formula is C58H40N2O2. The minimum atomic E-state index is -0.962. The van der Waals surface area contributed by atoms with Crippen LogP contribution in [0.5, 0.6) is 0 Å². The largest absolute Gasteiger partial charge is 0.350 e. The molecule has 0 saturated carbocycles. The Kier molecular flexibility index (Phi) is 7.40. The van der Waals surface area contributed by atoms with Crippen LogP contribution in [0.3, 0.4) is 0 Å². The summed E-state index contributed by atoms with van der Waals surface area (Å²) in [5, 5.41) is 4.65. The lowest BCUT2D eigenvalue weighted by Gasteiger charge is -2.41. The fourth-order valence-electron chi connectivity index (χ4n) is 11.2. The first-order chi connectivity index (χ1) is 30.7. The molecule has 0 fully saturated rings. The number of benzene rings is 9. The summed E-state index contributed by atoms with van der Waals surface area (Å²) in [4.78, 5) is 0. The normalized spacial score (nSPS) is 17.5. The Hall–Kier alpha value is -7.50. The predicted molar refractivity (Wildman–Crippen MR) is 253 cm³/mol. The van der Waals surface area contributed by atoms with Gasteiger partial charge in [-0.1, -0.05) is 170 Å². The molecule has 0 spiro atoms. The van der Waals surface area contributed by atoms with Crippen LogP contribution < -0.4 is 0 Å². The first-order valence-electron chi connectivity index (χ1n) is 21.3. The molecule has 13 rings (SSSR count). The van der Waals surface area contributed by atoms with Crippen LogP contribution in [-0.2, 0) is 20.9 Å². The molecule has 9 aromatic carbocycles. The van der Waals surface area contributed by atoms with Crippen LogP contribution in [0.15, 0.2) is 206 Å². The summed E-state index contributed by atoms with van der Waals surface area (Å²) in [5.74, 6) is 0. The van der Waals surface area contributed by atoms with Crippen molar-refractivity contribution in [2.45, 2.75) is 11.4 Å². The maximum absolute atomic E-state index is 7.04. The highest BCUT2D eigenvalue weighted by Gasteiger charge is 2.47. The van der Waals surface area contributed by atoms with Crippen molar-refractivity contribution in [2.24, 2.45) is 0 Å². The van der Waals surface area contributed by atoms with E-state index in [1.807, 2.05) is 14.2 Å². The molecule has 2 aliphatic rings. The molecule has 0 N–H and O–H groups in total. The van der Waals surface area contributed by atoms with E-state index in [0.29, 0.717) is 0 Å². The molecule has 294 valence electrons. The van der Waals surface area contributed by atoms with Gasteiger partial charge in [0.2, 0.25) is 0 Å². The SMILES string of the molecule is COC1(c2ccccc2)c2ccccc2-c2cc(-c3ccccc3)cc3c4cc5c(cc4n1c23)c1cc(-c2ccccc2)cc2c1n5C(OC)(c1ccccc1)c1ccccc1-2. The number of methoxy groups -OCH3 is 2. The minimum Gasteiger partial charge on any atom is -0.350 e. The van der Waals surface area contributed by atoms with Gasteiger partial charge in [-0.25, -0.2) is 0 Å². The van der Waals surface area contributed by atoms with Crippen LogP contribution >= 0.6 is 0 Å². The third-order valence-corrected chi connectivity index (χ3v) is 13.8. The number of rotatable bonds is 6. The Balaban J connectivity index is 1.27. The smallest absolute Gasteiger partial charge is 0.198 e. The van der Waals surface area contributed by atoms with Crippen molar-refractivity contribution in [3.05, 3.63) is 229 Å². The first kappa shape index (κ1) is 35.3. The summed E-state index contributed by atoms with van der Waals surface area (Å²) in [6.07, 6.45) is 0. The summed E-state index contributed by atoms with van der Waals surface area (Å²) < 4.78 is 19.1. The van der Waals surface area contributed by atoms with Gasteiger partial charge < -0.3 is 18.6 Å². The highest BCUT2D eigenvalue weighted by atomic mass is 16.5. The Morgan fingerprint density at radius 3 is 1.06 bits per heavy atom. The molecule has 2 atom stereocenters. The number of ether oxygens (including phenoxy) is 2. The highest BCUT2D eigenvalue weighted by molar-refractivity contribution is 6.23. The Labute approximate surface area is 359 Å². The number of aromatic nitrogens is 2. The van der Waals surface area contributed by atoms with E-state index in [0.717, 1.165) is 55.1 Å². The zero-order valence-electron chi connectivity index (χ0n) is 34.3. The van der Waals surface area contributed by atoms with Gasteiger partial charge in [-0.2, -0.15) is 0 Å². The number of fused-ring (bicyclic) bond motifs is 10. The van der Waals surface area contributed by atoms with Crippen LogP contribution in [0.2, 0.25) is 0 Å². The average molecular weight is 797 g/mol. The maximum atomic E-state index is 7.04. The van der Waals surface area contributed by atoms with E-state index >= 15 is 0 Å². The fourth-order valence-corrected chi connectivity index (χ4v) is 11.2. The molecule has 4 nitrogen and oxygen atoms in total. The van der Waals surface area contributed by atoms with Gasteiger partial charge >= 0.3 is 0 Å². The standard InChI is InChI=1S/C58H40N2O2/c1-61-57(41-23-11-5-12-24-41)51-29-17-15-27-43(51)47-31-39(37-19-7-3-8-20-37)33-49-45-36-54-46(35-53(45)59(57)55(47)49)50-34-40(38-21-9-4-10-22-38)32-48-44-28-16-18-30-52(44)58(62-2,60(54)56(48)50)42-25-13-6-14-26-42/h3-36H,1-2H3. The third kappa shape index (κ3) is 4.47. The van der Waals surface area contributed by atoms with Gasteiger partial charge in [0.05, 0.1) is 22.1 Å². The quantitative estimate of drug-likeness (QED) is 0.168. The van der Waals surface area contributed by atoms with Gasteiger partial charge in [0.15, 0.2) is 11.4 Å². The molecule has 0 aliphatic carbocycles. The summed E-state index contributed by atoms with van der Waals surface area (Å²) in [6.45, 7) is 0. The summed E-state index contributed by atoms with van der Waals surface area (Å²) in [5.41, 5.74) is 16.3. The zero-order chi connectivity index (χ0) is 41.2. The van der Waals surface area contributed by atoms with E-state index < -0.39 is 11.4 Å². The zero-order valence-corrected chi connectivity index (χ0v) is 34.3. The molecule has 0 bridgehead atoms. The number of hydrogen-bond acceptors (Lipinski definition) is 2. The second kappa shape index (κ2) is 13.0. The van der Waals surface area contributed by atoms with Gasteiger partial charge in [0.1, 0.15) is 0 Å². The van der Waals surface area contributed by atoms with E-state index in [2.05, 4.69) is 215 Å². The van der Waals surface area contributed by atoms with Crippen molar-refractivity contribution < 1.29 is 9.47 Å². The highest BCUT2D eigenvalue weighted by Crippen LogP contribution is 2.56. The third-order valence-electron chi connectivity index (χ3n) is 13.8. The van der Waals surface area contributed by atoms with Crippen molar-refractivity contribution in [1.29, 1.82) is 0 Å². The topological polar surface area (TPSA) is 28.3 Å². The average Bonchev–Trinajstić information content (AvgIpc) is 3.85. The maximum Gasteiger partial charge on any atom is 0.198 e. The predicted octanol–water partition coefficient (Wildman–Crippen LogP) is 14.0. The lowest BCUT2D eigenvalue weighted by molar-refractivity contribution is 0.00194. The lowest BCUT2D eigenvalue weighted by atomic mass is 9.83. The fraction of sp³-hybridized carbons (Fsp3) is 0.0690. The van der Waals surface area contributed by atoms with Crippen molar-refractivity contribution in [1.82, 2.24) is 9.13 Å². The van der Waals surface area contributed by atoms with Gasteiger partial charge in [0, 0.05) is 69.1 Å². The van der Waals surface area contributed by atoms with E-state index in [1.165, 1.54) is 55.3 Å². The second-order valence-corrected chi connectivity index (χ2v) is 16.6. The lowest BCUT2D eigenvalue weighted by Crippen LogP contribution is -2.40. The summed E-state index contributed by atoms with van der Waals surface area (Å²) in [6, 6.07) is 75.0. The molecule has 0 saturated heterocycles. The molecule has 11 aromatic rings. The molecule has 2 aliphatic heterocycles. The van der Waals surface area contributed by atoms with E-state index in [-0.39, 0.29) is 0 Å². The van der Waals surface area contributed by atoms with Crippen molar-refractivity contribution in [3.8, 4) is 44.5 Å². The molecule has 62 heavy (non-hydrogen) atoms. The molecule has 0 radical (unpaired) electrons. The van der Waals surface area contributed by atoms with Crippen molar-refractivity contribution in [2.75, 3.05) is 14.2 Å². The molecule has 4 heterocycles. The van der Waals surface area contributed by atoms with Crippen LogP contribution in [0.1, 0.15) is 22.3 Å². The molecule has 2 aromatic heterocycles. The van der Waals surface area contributed by atoms with E-state index in [9.17, 15) is 0 Å². The molecule has 2 unspecified atom stereocenters. The summed E-state index contributed by atoms with van der Waals surface area (Å²) >= 11 is 0. The number of hydrogen-bond donors (Lipinski definition) is 0. The Morgan fingerprint density at radius 2 is 0.677 bits per heavy atom. The van der Waals surface area contributed by atoms with Crippen LogP contribution in [-0.4, -0.2) is 23.4 Å². The van der Waals surface area contributed by atoms with Gasteiger partial charge in [0.25, 0.3) is 0 Å². The van der Waals surface area contributed by atoms with Crippen LogP contribution in [0.4, 0.5) is 0 Å². The van der Waals surface area contributed by atoms with Crippen molar-refractivity contribution >= 4 is 43.6 Å². The van der Waals surface area contributed by atoms with E-state index in [4.69, 9.17) is 9.47 Å². The molecular weight excluding hydrogens is 757 g/mol. The number of nitrogens with zero attached hydrogens (tertiary/aromatic N) is 2. The van der Waals surface area contributed by atoms with Gasteiger partial charge in [-0.05, 0) is 69.8 Å². The van der Waals surface area contributed by atoms with Crippen LogP contribution in [0, 0.1) is 0 Å². The second-order valence-electron chi connectivity index (χ2n) is 16.6. The van der Waals surface area contributed by atoms with E-state index in [1.54, 1.807) is 0 Å². The van der Waals surface area contributed by atoms with Gasteiger partial charge in [-0.15, -0.1) is 0 Å². The molecule has 4 heteroatoms. The van der Waals surface area contributed by atoms with Gasteiger partial charge in [-0.3, -0.25) is 0 Å². The molecule has 0 amide bonds. The minimum absolute atomic E-state index is 0.962. The Morgan fingerprint density at radius 1 is 0.323 bits per heavy atom. The summed E-state index contributed by atoms with van der Waals surface area (Å²) in [7, 11) is 3.72. The van der Waals surface area contributed by atoms with Crippen LogP contribution in [0.25, 0.3) is 88.1 Å². The first-order valence-corrected chi connectivity index (χ1v) is 21.3. The van der Waals surface area contributed by atoms with Crippen molar-refractivity contribution in [3.63, 3.8) is 0 Å². The Bertz CT molecular complexity index is 3350.